The van der Waals surface area contributed by atoms with Gasteiger partial charge < -0.3 is 10.1 Å². The molecule has 3 nitrogen and oxygen atoms in total. The fourth-order valence-electron chi connectivity index (χ4n) is 1.42. The minimum Gasteiger partial charge on any atom is -0.466 e. The molecule has 1 unspecified atom stereocenters. The molecule has 1 N–H and O–H groups in total. The van der Waals surface area contributed by atoms with Crippen LogP contribution in [0.1, 0.15) is 19.8 Å². The topological polar surface area (TPSA) is 38.3 Å². The average molecular weight is 169 g/mol. The predicted molar refractivity (Wildman–Crippen MR) is 46.8 cm³/mol. The Labute approximate surface area is 72.8 Å². The molecule has 12 heavy (non-hydrogen) atoms. The second-order valence-electron chi connectivity index (χ2n) is 3.06. The van der Waals surface area contributed by atoms with E-state index in [4.69, 9.17) is 0 Å². The van der Waals surface area contributed by atoms with Gasteiger partial charge in [0.25, 0.3) is 0 Å². The first-order chi connectivity index (χ1) is 5.74. The van der Waals surface area contributed by atoms with Crippen LogP contribution in [-0.4, -0.2) is 25.7 Å². The van der Waals surface area contributed by atoms with Crippen molar-refractivity contribution in [3.63, 3.8) is 0 Å². The van der Waals surface area contributed by atoms with Crippen LogP contribution in [0.25, 0.3) is 0 Å². The van der Waals surface area contributed by atoms with Gasteiger partial charge in [0.2, 0.25) is 0 Å². The normalized spacial score (nSPS) is 24.2. The minimum atomic E-state index is -0.263. The van der Waals surface area contributed by atoms with Crippen molar-refractivity contribution in [2.24, 2.45) is 0 Å². The monoisotopic (exact) mass is 169 g/mol. The van der Waals surface area contributed by atoms with Crippen LogP contribution in [0, 0.1) is 0 Å². The highest BCUT2D eigenvalue weighted by Gasteiger charge is 2.15. The van der Waals surface area contributed by atoms with Crippen LogP contribution in [0.5, 0.6) is 0 Å². The Morgan fingerprint density at radius 1 is 1.67 bits per heavy atom. The number of hydrogen-bond acceptors (Lipinski definition) is 3. The highest BCUT2D eigenvalue weighted by Crippen LogP contribution is 2.13. The maximum absolute atomic E-state index is 10.9. The van der Waals surface area contributed by atoms with E-state index in [0.717, 1.165) is 18.5 Å². The quantitative estimate of drug-likeness (QED) is 0.492. The molecule has 0 radical (unpaired) electrons. The molecule has 1 rings (SSSR count). The summed E-state index contributed by atoms with van der Waals surface area (Å²) in [5.41, 5.74) is 1.07. The van der Waals surface area contributed by atoms with Crippen LogP contribution in [0.4, 0.5) is 0 Å². The van der Waals surface area contributed by atoms with E-state index in [-0.39, 0.29) is 5.97 Å². The van der Waals surface area contributed by atoms with Gasteiger partial charge in [0, 0.05) is 12.1 Å². The van der Waals surface area contributed by atoms with E-state index < -0.39 is 0 Å². The van der Waals surface area contributed by atoms with E-state index >= 15 is 0 Å². The van der Waals surface area contributed by atoms with Crippen LogP contribution < -0.4 is 5.32 Å². The lowest BCUT2D eigenvalue weighted by Crippen LogP contribution is -2.22. The first kappa shape index (κ1) is 9.26. The van der Waals surface area contributed by atoms with Gasteiger partial charge in [-0.05, 0) is 31.9 Å². The second kappa shape index (κ2) is 4.26. The first-order valence-electron chi connectivity index (χ1n) is 4.23. The third-order valence-corrected chi connectivity index (χ3v) is 2.16. The molecule has 0 spiro atoms. The molecule has 1 heterocycles. The lowest BCUT2D eigenvalue weighted by atomic mass is 10.1. The van der Waals surface area contributed by atoms with Crippen molar-refractivity contribution in [2.75, 3.05) is 13.7 Å². The Morgan fingerprint density at radius 3 is 2.92 bits per heavy atom. The maximum Gasteiger partial charge on any atom is 0.330 e. The van der Waals surface area contributed by atoms with E-state index in [1.54, 1.807) is 6.08 Å². The van der Waals surface area contributed by atoms with Gasteiger partial charge in [0.05, 0.1) is 7.11 Å². The molecule has 0 aromatic carbocycles. The number of hydrogen-bond donors (Lipinski definition) is 1. The van der Waals surface area contributed by atoms with Gasteiger partial charge in [-0.2, -0.15) is 0 Å². The number of nitrogens with one attached hydrogen (secondary N) is 1. The lowest BCUT2D eigenvalue weighted by molar-refractivity contribution is -0.134. The molecule has 1 aliphatic rings. The van der Waals surface area contributed by atoms with E-state index in [2.05, 4.69) is 10.1 Å². The Bertz CT molecular complexity index is 193. The number of carbonyl (C=O) groups excluding carboxylic acids is 1. The Morgan fingerprint density at radius 2 is 2.42 bits per heavy atom. The van der Waals surface area contributed by atoms with Crippen LogP contribution in [-0.2, 0) is 9.53 Å². The zero-order valence-corrected chi connectivity index (χ0v) is 7.59. The van der Waals surface area contributed by atoms with Crippen LogP contribution in [0.3, 0.4) is 0 Å². The molecule has 0 saturated carbocycles. The molecule has 0 amide bonds. The molecule has 0 aromatic heterocycles. The van der Waals surface area contributed by atoms with E-state index in [0.29, 0.717) is 6.04 Å². The summed E-state index contributed by atoms with van der Waals surface area (Å²) in [5.74, 6) is -0.263. The van der Waals surface area contributed by atoms with Crippen molar-refractivity contribution >= 4 is 5.97 Å². The van der Waals surface area contributed by atoms with Gasteiger partial charge in [-0.15, -0.1) is 0 Å². The van der Waals surface area contributed by atoms with Crippen molar-refractivity contribution in [2.45, 2.75) is 25.8 Å². The van der Waals surface area contributed by atoms with Crippen LogP contribution in [0.15, 0.2) is 11.6 Å². The molecule has 3 heteroatoms. The smallest absolute Gasteiger partial charge is 0.330 e. The maximum atomic E-state index is 10.9. The van der Waals surface area contributed by atoms with Crippen molar-refractivity contribution in [3.8, 4) is 0 Å². The third-order valence-electron chi connectivity index (χ3n) is 2.16. The van der Waals surface area contributed by atoms with Gasteiger partial charge in [-0.25, -0.2) is 4.79 Å². The summed E-state index contributed by atoms with van der Waals surface area (Å²) in [7, 11) is 1.40. The summed E-state index contributed by atoms with van der Waals surface area (Å²) in [6.07, 6.45) is 3.87. The van der Waals surface area contributed by atoms with Gasteiger partial charge in [0.1, 0.15) is 0 Å². The number of ether oxygens (including phenoxy) is 1. The van der Waals surface area contributed by atoms with E-state index in [9.17, 15) is 4.79 Å². The molecule has 0 bridgehead atoms. The molecular formula is C9H15NO2. The lowest BCUT2D eigenvalue weighted by Gasteiger charge is -2.09. The fraction of sp³-hybridized carbons (Fsp3) is 0.667. The van der Waals surface area contributed by atoms with Crippen molar-refractivity contribution in [1.29, 1.82) is 0 Å². The summed E-state index contributed by atoms with van der Waals surface area (Å²) in [6, 6.07) is 0.379. The molecule has 1 fully saturated rings. The summed E-state index contributed by atoms with van der Waals surface area (Å²) in [5, 5.41) is 3.31. The Kier molecular flexibility index (Phi) is 3.29. The third kappa shape index (κ3) is 2.34. The van der Waals surface area contributed by atoms with Gasteiger partial charge in [-0.1, -0.05) is 0 Å². The highest BCUT2D eigenvalue weighted by atomic mass is 16.5. The molecule has 0 aromatic rings. The molecular weight excluding hydrogens is 154 g/mol. The predicted octanol–water partition coefficient (Wildman–Crippen LogP) is 0.858. The summed E-state index contributed by atoms with van der Waals surface area (Å²) >= 11 is 0. The highest BCUT2D eigenvalue weighted by molar-refractivity contribution is 5.82. The molecule has 1 atom stereocenters. The molecule has 68 valence electrons. The Balaban J connectivity index is 2.49. The Hall–Kier alpha value is -0.830. The summed E-state index contributed by atoms with van der Waals surface area (Å²) < 4.78 is 4.54. The zero-order valence-electron chi connectivity index (χ0n) is 7.59. The van der Waals surface area contributed by atoms with E-state index in [1.807, 2.05) is 6.92 Å². The number of methoxy groups -OCH3 is 1. The van der Waals surface area contributed by atoms with Crippen molar-refractivity contribution in [1.82, 2.24) is 5.32 Å². The average Bonchev–Trinajstić information content (AvgIpc) is 2.56. The number of esters is 1. The van der Waals surface area contributed by atoms with E-state index in [1.165, 1.54) is 13.5 Å². The first-order valence-corrected chi connectivity index (χ1v) is 4.23. The number of carbonyl (C=O) groups is 1. The second-order valence-corrected chi connectivity index (χ2v) is 3.06. The molecule has 1 saturated heterocycles. The minimum absolute atomic E-state index is 0.263. The zero-order chi connectivity index (χ0) is 8.97. The van der Waals surface area contributed by atoms with Crippen molar-refractivity contribution < 1.29 is 9.53 Å². The van der Waals surface area contributed by atoms with Crippen LogP contribution in [0.2, 0.25) is 0 Å². The standard InChI is InChI=1S/C9H15NO2/c1-7(6-9(11)12-2)8-4-3-5-10-8/h6,8,10H,3-5H2,1-2H3. The molecule has 0 aliphatic carbocycles. The number of rotatable bonds is 2. The fourth-order valence-corrected chi connectivity index (χ4v) is 1.42. The largest absolute Gasteiger partial charge is 0.466 e. The van der Waals surface area contributed by atoms with Crippen molar-refractivity contribution in [3.05, 3.63) is 11.6 Å². The summed E-state index contributed by atoms with van der Waals surface area (Å²) in [6.45, 7) is 3.01. The van der Waals surface area contributed by atoms with Gasteiger partial charge >= 0.3 is 5.97 Å². The van der Waals surface area contributed by atoms with Gasteiger partial charge in [0.15, 0.2) is 0 Å². The summed E-state index contributed by atoms with van der Waals surface area (Å²) in [4.78, 5) is 10.9. The molecule has 1 aliphatic heterocycles. The SMILES string of the molecule is COC(=O)C=C(C)C1CCCN1. The van der Waals surface area contributed by atoms with Crippen LogP contribution >= 0.6 is 0 Å². The van der Waals surface area contributed by atoms with Gasteiger partial charge in [-0.3, -0.25) is 0 Å².